The molecule has 1 aromatic carbocycles. The van der Waals surface area contributed by atoms with E-state index in [1.807, 2.05) is 24.3 Å². The number of rotatable bonds is 6. The number of nitrogen functional groups attached to an aromatic ring is 1. The molecule has 3 unspecified atom stereocenters. The molecule has 3 atom stereocenters. The van der Waals surface area contributed by atoms with Crippen molar-refractivity contribution in [1.82, 2.24) is 9.97 Å². The van der Waals surface area contributed by atoms with Gasteiger partial charge in [-0.2, -0.15) is 4.98 Å². The van der Waals surface area contributed by atoms with Crippen molar-refractivity contribution in [3.05, 3.63) is 41.6 Å². The Labute approximate surface area is 186 Å². The minimum atomic E-state index is -0.276. The lowest BCUT2D eigenvalue weighted by molar-refractivity contribution is 0.187. The van der Waals surface area contributed by atoms with Crippen LogP contribution in [0.3, 0.4) is 0 Å². The number of benzene rings is 1. The van der Waals surface area contributed by atoms with Gasteiger partial charge in [0.15, 0.2) is 0 Å². The fourth-order valence-corrected chi connectivity index (χ4v) is 4.66. The molecule has 4 N–H and O–H groups in total. The summed E-state index contributed by atoms with van der Waals surface area (Å²) in [5.41, 5.74) is 7.75. The first-order chi connectivity index (χ1) is 14.8. The number of nitrogens with zero attached hydrogens (tertiary/aromatic N) is 2. The van der Waals surface area contributed by atoms with Crippen LogP contribution in [0.5, 0.6) is 0 Å². The van der Waals surface area contributed by atoms with E-state index in [0.717, 1.165) is 23.8 Å². The Morgan fingerprint density at radius 3 is 2.87 bits per heavy atom. The molecule has 164 valence electrons. The van der Waals surface area contributed by atoms with E-state index >= 15 is 0 Å². The van der Waals surface area contributed by atoms with Crippen molar-refractivity contribution < 1.29 is 14.3 Å². The second kappa shape index (κ2) is 8.05. The number of nitrogens with two attached hydrogens (primary N) is 1. The van der Waals surface area contributed by atoms with Gasteiger partial charge in [-0.1, -0.05) is 25.1 Å². The number of nitrogens with one attached hydrogen (secondary N) is 1. The average Bonchev–Trinajstić information content (AvgIpc) is 3.27. The van der Waals surface area contributed by atoms with Gasteiger partial charge in [-0.25, -0.2) is 4.98 Å². The molecule has 0 saturated heterocycles. The zero-order valence-corrected chi connectivity index (χ0v) is 18.7. The Morgan fingerprint density at radius 1 is 1.42 bits per heavy atom. The number of aliphatic hydroxyl groups excluding tert-OH is 1. The minimum Gasteiger partial charge on any atom is -0.497 e. The number of hydrogen-bond acceptors (Lipinski definition) is 7. The van der Waals surface area contributed by atoms with Gasteiger partial charge in [0.25, 0.3) is 0 Å². The van der Waals surface area contributed by atoms with E-state index < -0.39 is 0 Å². The first-order valence-corrected chi connectivity index (χ1v) is 10.6. The number of fused-ring (bicyclic) bond motifs is 1. The Kier molecular flexibility index (Phi) is 5.58. The van der Waals surface area contributed by atoms with Gasteiger partial charge in [-0.3, -0.25) is 0 Å². The Balaban J connectivity index is 1.78. The number of aromatic nitrogens is 2. The third kappa shape index (κ3) is 3.83. The van der Waals surface area contributed by atoms with Crippen molar-refractivity contribution in [2.75, 3.05) is 24.8 Å². The number of anilines is 2. The van der Waals surface area contributed by atoms with Gasteiger partial charge in [0.05, 0.1) is 12.7 Å². The maximum atomic E-state index is 9.69. The van der Waals surface area contributed by atoms with E-state index in [2.05, 4.69) is 35.7 Å². The second-order valence-corrected chi connectivity index (χ2v) is 8.76. The molecule has 0 radical (unpaired) electrons. The summed E-state index contributed by atoms with van der Waals surface area (Å²) in [7, 11) is 1.59. The highest BCUT2D eigenvalue weighted by Gasteiger charge is 2.43. The highest BCUT2D eigenvalue weighted by molar-refractivity contribution is 6.32. The molecule has 0 bridgehead atoms. The van der Waals surface area contributed by atoms with Gasteiger partial charge >= 0.3 is 0 Å². The van der Waals surface area contributed by atoms with Crippen molar-refractivity contribution in [2.24, 2.45) is 11.8 Å². The zero-order chi connectivity index (χ0) is 22.3. The number of furan rings is 1. The average molecular weight is 443 g/mol. The first kappa shape index (κ1) is 21.5. The quantitative estimate of drug-likeness (QED) is 0.366. The monoisotopic (exact) mass is 442 g/mol. The van der Waals surface area contributed by atoms with Crippen LogP contribution in [-0.4, -0.2) is 34.3 Å². The molecule has 0 aliphatic heterocycles. The number of hydrogen-bond donors (Lipinski definition) is 3. The Hall–Kier alpha value is -2.77. The third-order valence-electron chi connectivity index (χ3n) is 6.60. The largest absolute Gasteiger partial charge is 0.497 e. The predicted molar refractivity (Wildman–Crippen MR) is 124 cm³/mol. The maximum Gasteiger partial charge on any atom is 0.223 e. The number of aliphatic hydroxyl groups is 1. The maximum absolute atomic E-state index is 9.69. The van der Waals surface area contributed by atoms with Crippen LogP contribution >= 0.6 is 11.6 Å². The Morgan fingerprint density at radius 2 is 2.19 bits per heavy atom. The molecular weight excluding hydrogens is 416 g/mol. The fourth-order valence-electron chi connectivity index (χ4n) is 4.40. The fraction of sp³-hybridized carbons (Fsp3) is 0.391. The normalized spacial score (nSPS) is 23.3. The van der Waals surface area contributed by atoms with Crippen molar-refractivity contribution in [3.63, 3.8) is 0 Å². The van der Waals surface area contributed by atoms with E-state index in [9.17, 15) is 5.11 Å². The van der Waals surface area contributed by atoms with Crippen LogP contribution in [0, 0.1) is 11.8 Å². The van der Waals surface area contributed by atoms with Crippen LogP contribution in [-0.2, 0) is 4.74 Å². The van der Waals surface area contributed by atoms with Crippen LogP contribution < -0.4 is 11.1 Å². The summed E-state index contributed by atoms with van der Waals surface area (Å²) in [5, 5.41) is 14.3. The van der Waals surface area contributed by atoms with E-state index in [-0.39, 0.29) is 35.1 Å². The predicted octanol–water partition coefficient (Wildman–Crippen LogP) is 4.95. The lowest BCUT2D eigenvalue weighted by Crippen LogP contribution is -2.40. The van der Waals surface area contributed by atoms with Gasteiger partial charge in [-0.05, 0) is 55.9 Å². The molecule has 7 nitrogen and oxygen atoms in total. The first-order valence-electron chi connectivity index (χ1n) is 10.2. The summed E-state index contributed by atoms with van der Waals surface area (Å²) < 4.78 is 11.3. The van der Waals surface area contributed by atoms with Crippen LogP contribution in [0.1, 0.15) is 32.3 Å². The summed E-state index contributed by atoms with van der Waals surface area (Å²) in [4.78, 5) is 8.59. The highest BCUT2D eigenvalue weighted by Crippen LogP contribution is 2.44. The number of halogens is 1. The molecule has 2 aromatic heterocycles. The van der Waals surface area contributed by atoms with Crippen molar-refractivity contribution in [3.8, 4) is 11.3 Å². The zero-order valence-electron chi connectivity index (χ0n) is 17.9. The standard InChI is InChI=1S/C23H27ClN4O3/c1-12-15(11-29)7-8-23(12,3)28-21-19(20(24)26-22(25)27-21)18-10-16-9-14(13(2)30-4)5-6-17(16)31-18/h5-6,9-10,12,15,29H,2,7-8,11H2,1,3-4H3,(H3,25,26,27,28). The highest BCUT2D eigenvalue weighted by atomic mass is 35.5. The lowest BCUT2D eigenvalue weighted by Gasteiger charge is -2.33. The van der Waals surface area contributed by atoms with E-state index in [1.54, 1.807) is 7.11 Å². The van der Waals surface area contributed by atoms with Crippen molar-refractivity contribution in [1.29, 1.82) is 0 Å². The van der Waals surface area contributed by atoms with Crippen molar-refractivity contribution >= 4 is 40.1 Å². The van der Waals surface area contributed by atoms with E-state index in [4.69, 9.17) is 26.5 Å². The van der Waals surface area contributed by atoms with Crippen LogP contribution in [0.25, 0.3) is 28.1 Å². The lowest BCUT2D eigenvalue weighted by atomic mass is 9.86. The molecule has 2 heterocycles. The molecule has 0 amide bonds. The summed E-state index contributed by atoms with van der Waals surface area (Å²) in [5.74, 6) is 2.18. The third-order valence-corrected chi connectivity index (χ3v) is 6.87. The molecule has 31 heavy (non-hydrogen) atoms. The second-order valence-electron chi connectivity index (χ2n) is 8.40. The van der Waals surface area contributed by atoms with Crippen LogP contribution in [0.4, 0.5) is 11.8 Å². The van der Waals surface area contributed by atoms with E-state index in [1.165, 1.54) is 0 Å². The van der Waals surface area contributed by atoms with Gasteiger partial charge in [0.2, 0.25) is 5.95 Å². The molecule has 1 aliphatic rings. The minimum absolute atomic E-state index is 0.0824. The SMILES string of the molecule is C=C(OC)c1ccc2oc(-c3c(Cl)nc(N)nc3NC3(C)CCC(CO)C3C)cc2c1. The summed E-state index contributed by atoms with van der Waals surface area (Å²) in [6.07, 6.45) is 1.82. The molecule has 0 spiro atoms. The molecule has 1 aliphatic carbocycles. The molecule has 1 saturated carbocycles. The van der Waals surface area contributed by atoms with Crippen LogP contribution in [0.2, 0.25) is 5.15 Å². The number of methoxy groups -OCH3 is 1. The topological polar surface area (TPSA) is 106 Å². The summed E-state index contributed by atoms with van der Waals surface area (Å²) in [6.45, 7) is 8.33. The molecular formula is C23H27ClN4O3. The Bertz CT molecular complexity index is 1150. The molecule has 3 aromatic rings. The summed E-state index contributed by atoms with van der Waals surface area (Å²) >= 11 is 6.52. The summed E-state index contributed by atoms with van der Waals surface area (Å²) in [6, 6.07) is 7.59. The molecule has 1 fully saturated rings. The van der Waals surface area contributed by atoms with Gasteiger partial charge in [0, 0.05) is 23.1 Å². The molecule has 4 rings (SSSR count). The van der Waals surface area contributed by atoms with E-state index in [0.29, 0.717) is 28.5 Å². The smallest absolute Gasteiger partial charge is 0.223 e. The van der Waals surface area contributed by atoms with Gasteiger partial charge < -0.3 is 25.3 Å². The van der Waals surface area contributed by atoms with Gasteiger partial charge in [0.1, 0.15) is 28.1 Å². The van der Waals surface area contributed by atoms with Crippen LogP contribution in [0.15, 0.2) is 35.3 Å². The van der Waals surface area contributed by atoms with Crippen molar-refractivity contribution in [2.45, 2.75) is 32.2 Å². The number of ether oxygens (including phenoxy) is 1. The molecule has 8 heteroatoms. The van der Waals surface area contributed by atoms with Gasteiger partial charge in [-0.15, -0.1) is 0 Å².